The Bertz CT molecular complexity index is 359. The Hall–Kier alpha value is -0.800. The van der Waals surface area contributed by atoms with Crippen molar-refractivity contribution in [2.75, 3.05) is 20.2 Å². The van der Waals surface area contributed by atoms with Gasteiger partial charge in [0.15, 0.2) is 0 Å². The fraction of sp³-hybridized carbons (Fsp3) is 0.615. The van der Waals surface area contributed by atoms with Crippen molar-refractivity contribution in [3.8, 4) is 5.88 Å². The van der Waals surface area contributed by atoms with Gasteiger partial charge in [0.2, 0.25) is 5.88 Å². The third-order valence-corrected chi connectivity index (χ3v) is 3.56. The molecule has 0 spiro atoms. The molecule has 1 aliphatic heterocycles. The van der Waals surface area contributed by atoms with E-state index >= 15 is 0 Å². The van der Waals surface area contributed by atoms with Gasteiger partial charge < -0.3 is 9.64 Å². The van der Waals surface area contributed by atoms with Gasteiger partial charge >= 0.3 is 0 Å². The van der Waals surface area contributed by atoms with Gasteiger partial charge in [0.05, 0.1) is 18.2 Å². The van der Waals surface area contributed by atoms with Gasteiger partial charge in [0.25, 0.3) is 0 Å². The molecule has 4 heteroatoms. The van der Waals surface area contributed by atoms with Crippen molar-refractivity contribution >= 4 is 11.6 Å². The molecule has 1 atom stereocenters. The van der Waals surface area contributed by atoms with Crippen LogP contribution in [0.1, 0.15) is 25.0 Å². The van der Waals surface area contributed by atoms with Crippen molar-refractivity contribution in [2.24, 2.45) is 0 Å². The lowest BCUT2D eigenvalue weighted by Gasteiger charge is -2.19. The lowest BCUT2D eigenvalue weighted by molar-refractivity contribution is 0.228. The summed E-state index contributed by atoms with van der Waals surface area (Å²) in [4.78, 5) is 6.72. The Balaban J connectivity index is 1.77. The van der Waals surface area contributed by atoms with E-state index in [0.717, 1.165) is 18.7 Å². The van der Waals surface area contributed by atoms with Crippen molar-refractivity contribution < 1.29 is 4.74 Å². The second-order valence-corrected chi connectivity index (χ2v) is 4.78. The van der Waals surface area contributed by atoms with Gasteiger partial charge in [-0.15, -0.1) is 11.6 Å². The first-order valence-electron chi connectivity index (χ1n) is 6.14. The average molecular weight is 255 g/mol. The van der Waals surface area contributed by atoms with E-state index < -0.39 is 0 Å². The molecule has 1 unspecified atom stereocenters. The minimum atomic E-state index is 0.433. The second kappa shape index (κ2) is 6.22. The zero-order chi connectivity index (χ0) is 12.1. The highest BCUT2D eigenvalue weighted by atomic mass is 35.5. The number of halogens is 1. The molecule has 0 amide bonds. The van der Waals surface area contributed by atoms with Crippen LogP contribution < -0.4 is 4.74 Å². The van der Waals surface area contributed by atoms with E-state index in [4.69, 9.17) is 16.3 Å². The van der Waals surface area contributed by atoms with Crippen molar-refractivity contribution in [1.82, 2.24) is 9.88 Å². The SMILES string of the molecule is CN1CCCC1CCOc1cccc(CCl)n1. The van der Waals surface area contributed by atoms with Gasteiger partial charge in [-0.05, 0) is 38.9 Å². The van der Waals surface area contributed by atoms with Crippen molar-refractivity contribution in [3.05, 3.63) is 23.9 Å². The normalized spacial score (nSPS) is 20.7. The van der Waals surface area contributed by atoms with E-state index in [1.165, 1.54) is 19.4 Å². The molecule has 3 nitrogen and oxygen atoms in total. The number of ether oxygens (including phenoxy) is 1. The highest BCUT2D eigenvalue weighted by molar-refractivity contribution is 6.16. The number of nitrogens with zero attached hydrogens (tertiary/aromatic N) is 2. The number of rotatable bonds is 5. The second-order valence-electron chi connectivity index (χ2n) is 4.51. The minimum Gasteiger partial charge on any atom is -0.478 e. The summed E-state index contributed by atoms with van der Waals surface area (Å²) in [5.74, 6) is 1.12. The van der Waals surface area contributed by atoms with Crippen LogP contribution in [-0.4, -0.2) is 36.1 Å². The molecule has 17 heavy (non-hydrogen) atoms. The maximum absolute atomic E-state index is 5.73. The third kappa shape index (κ3) is 3.58. The molecule has 2 rings (SSSR count). The fourth-order valence-corrected chi connectivity index (χ4v) is 2.40. The summed E-state index contributed by atoms with van der Waals surface area (Å²) < 4.78 is 5.66. The van der Waals surface area contributed by atoms with Crippen molar-refractivity contribution in [2.45, 2.75) is 31.2 Å². The Labute approximate surface area is 108 Å². The number of aromatic nitrogens is 1. The first kappa shape index (κ1) is 12.7. The fourth-order valence-electron chi connectivity index (χ4n) is 2.26. The molecule has 94 valence electrons. The summed E-state index contributed by atoms with van der Waals surface area (Å²) >= 11 is 5.73. The standard InChI is InChI=1S/C13H19ClN2O/c1-16-8-3-5-12(16)7-9-17-13-6-2-4-11(10-14)15-13/h2,4,6,12H,3,5,7-10H2,1H3. The Morgan fingerprint density at radius 2 is 2.41 bits per heavy atom. The van der Waals surface area contributed by atoms with Crippen LogP contribution in [0.5, 0.6) is 5.88 Å². The summed E-state index contributed by atoms with van der Waals surface area (Å²) in [6, 6.07) is 6.40. The largest absolute Gasteiger partial charge is 0.478 e. The molecule has 1 aromatic rings. The van der Waals surface area contributed by atoms with Crippen LogP contribution in [0.2, 0.25) is 0 Å². The first-order valence-corrected chi connectivity index (χ1v) is 6.68. The van der Waals surface area contributed by atoms with E-state index in [2.05, 4.69) is 16.9 Å². The van der Waals surface area contributed by atoms with Gasteiger partial charge in [0.1, 0.15) is 0 Å². The van der Waals surface area contributed by atoms with Crippen LogP contribution >= 0.6 is 11.6 Å². The monoisotopic (exact) mass is 254 g/mol. The number of likely N-dealkylation sites (tertiary alicyclic amines) is 1. The smallest absolute Gasteiger partial charge is 0.213 e. The lowest BCUT2D eigenvalue weighted by Crippen LogP contribution is -2.26. The Morgan fingerprint density at radius 1 is 1.53 bits per heavy atom. The molecule has 0 aromatic carbocycles. The molecule has 0 saturated carbocycles. The van der Waals surface area contributed by atoms with E-state index in [0.29, 0.717) is 17.8 Å². The van der Waals surface area contributed by atoms with Crippen LogP contribution in [0.25, 0.3) is 0 Å². The highest BCUT2D eigenvalue weighted by Gasteiger charge is 2.20. The van der Waals surface area contributed by atoms with E-state index in [9.17, 15) is 0 Å². The van der Waals surface area contributed by atoms with E-state index in [1.54, 1.807) is 0 Å². The predicted molar refractivity (Wildman–Crippen MR) is 69.6 cm³/mol. The molecule has 2 heterocycles. The molecule has 1 saturated heterocycles. The molecule has 1 aromatic heterocycles. The highest BCUT2D eigenvalue weighted by Crippen LogP contribution is 2.18. The van der Waals surface area contributed by atoms with E-state index in [-0.39, 0.29) is 0 Å². The zero-order valence-electron chi connectivity index (χ0n) is 10.2. The van der Waals surface area contributed by atoms with Crippen LogP contribution in [0.15, 0.2) is 18.2 Å². The molecule has 1 fully saturated rings. The lowest BCUT2D eigenvalue weighted by atomic mass is 10.1. The van der Waals surface area contributed by atoms with Crippen LogP contribution in [-0.2, 0) is 5.88 Å². The van der Waals surface area contributed by atoms with Crippen LogP contribution in [0.4, 0.5) is 0 Å². The van der Waals surface area contributed by atoms with Crippen LogP contribution in [0.3, 0.4) is 0 Å². The molecule has 1 aliphatic rings. The van der Waals surface area contributed by atoms with E-state index in [1.807, 2.05) is 18.2 Å². The molecule has 0 bridgehead atoms. The molecule has 0 aliphatic carbocycles. The van der Waals surface area contributed by atoms with Gasteiger partial charge in [-0.3, -0.25) is 0 Å². The van der Waals surface area contributed by atoms with Gasteiger partial charge in [-0.25, -0.2) is 4.98 Å². The number of alkyl halides is 1. The zero-order valence-corrected chi connectivity index (χ0v) is 11.0. The third-order valence-electron chi connectivity index (χ3n) is 3.29. The van der Waals surface area contributed by atoms with Gasteiger partial charge in [0, 0.05) is 12.1 Å². The molecular formula is C13H19ClN2O. The molecular weight excluding hydrogens is 236 g/mol. The summed E-state index contributed by atoms with van der Waals surface area (Å²) in [6.07, 6.45) is 3.67. The molecule has 0 N–H and O–H groups in total. The number of hydrogen-bond donors (Lipinski definition) is 0. The Morgan fingerprint density at radius 3 is 3.12 bits per heavy atom. The minimum absolute atomic E-state index is 0.433. The molecule has 0 radical (unpaired) electrons. The maximum Gasteiger partial charge on any atom is 0.213 e. The average Bonchev–Trinajstić information content (AvgIpc) is 2.76. The summed E-state index contributed by atoms with van der Waals surface area (Å²) in [5.41, 5.74) is 0.863. The summed E-state index contributed by atoms with van der Waals surface area (Å²) in [7, 11) is 2.18. The maximum atomic E-state index is 5.73. The van der Waals surface area contributed by atoms with Crippen molar-refractivity contribution in [3.63, 3.8) is 0 Å². The first-order chi connectivity index (χ1) is 8.29. The predicted octanol–water partition coefficient (Wildman–Crippen LogP) is 2.68. The van der Waals surface area contributed by atoms with Gasteiger partial charge in [-0.2, -0.15) is 0 Å². The number of hydrogen-bond acceptors (Lipinski definition) is 3. The quantitative estimate of drug-likeness (QED) is 0.756. The van der Waals surface area contributed by atoms with Gasteiger partial charge in [-0.1, -0.05) is 6.07 Å². The van der Waals surface area contributed by atoms with Crippen molar-refractivity contribution in [1.29, 1.82) is 0 Å². The summed E-state index contributed by atoms with van der Waals surface area (Å²) in [6.45, 7) is 1.94. The van der Waals surface area contributed by atoms with Crippen LogP contribution in [0, 0.1) is 0 Å². The number of pyridine rings is 1. The Kier molecular flexibility index (Phi) is 4.63. The topological polar surface area (TPSA) is 25.4 Å². The summed E-state index contributed by atoms with van der Waals surface area (Å²) in [5, 5.41) is 0.